The smallest absolute Gasteiger partial charge is 0.257 e. The Kier molecular flexibility index (Phi) is 5.49. The van der Waals surface area contributed by atoms with Crippen LogP contribution in [0.25, 0.3) is 0 Å². The second-order valence-corrected chi connectivity index (χ2v) is 6.84. The molecule has 2 aliphatic rings. The lowest BCUT2D eigenvalue weighted by molar-refractivity contribution is -0.142. The molecule has 25 heavy (non-hydrogen) atoms. The molecule has 0 saturated carbocycles. The van der Waals surface area contributed by atoms with Gasteiger partial charge >= 0.3 is 0 Å². The predicted molar refractivity (Wildman–Crippen MR) is 93.3 cm³/mol. The van der Waals surface area contributed by atoms with Gasteiger partial charge in [-0.15, -0.1) is 0 Å². The maximum atomic E-state index is 13.1. The van der Waals surface area contributed by atoms with Crippen LogP contribution in [0.4, 0.5) is 0 Å². The van der Waals surface area contributed by atoms with E-state index in [1.807, 2.05) is 4.90 Å². The number of hydrogen-bond acceptors (Lipinski definition) is 5. The van der Waals surface area contributed by atoms with Crippen molar-refractivity contribution in [1.29, 1.82) is 0 Å². The highest BCUT2D eigenvalue weighted by molar-refractivity contribution is 5.97. The first-order valence-electron chi connectivity index (χ1n) is 8.75. The Labute approximate surface area is 149 Å². The van der Waals surface area contributed by atoms with E-state index in [9.17, 15) is 4.79 Å². The third kappa shape index (κ3) is 3.46. The minimum absolute atomic E-state index is 0.0148. The second-order valence-electron chi connectivity index (χ2n) is 6.84. The first-order chi connectivity index (χ1) is 12.1. The number of hydrogen-bond donors (Lipinski definition) is 0. The molecule has 6 heteroatoms. The summed E-state index contributed by atoms with van der Waals surface area (Å²) in [6.45, 7) is 2.75. The molecule has 2 atom stereocenters. The van der Waals surface area contributed by atoms with Gasteiger partial charge in [-0.2, -0.15) is 0 Å². The van der Waals surface area contributed by atoms with Crippen molar-refractivity contribution in [1.82, 2.24) is 4.90 Å². The molecule has 0 bridgehead atoms. The molecule has 0 aromatic heterocycles. The fraction of sp³-hybridized carbons (Fsp3) is 0.632. The molecular formula is C19H27NO5. The van der Waals surface area contributed by atoms with Gasteiger partial charge in [-0.1, -0.05) is 0 Å². The lowest BCUT2D eigenvalue weighted by Gasteiger charge is -2.50. The van der Waals surface area contributed by atoms with Crippen molar-refractivity contribution in [3.63, 3.8) is 0 Å². The normalized spacial score (nSPS) is 26.0. The van der Waals surface area contributed by atoms with Gasteiger partial charge in [0.1, 0.15) is 11.5 Å². The lowest BCUT2D eigenvalue weighted by atomic mass is 9.73. The van der Waals surface area contributed by atoms with E-state index in [0.29, 0.717) is 36.8 Å². The van der Waals surface area contributed by atoms with Gasteiger partial charge in [0.05, 0.1) is 32.5 Å². The zero-order valence-corrected chi connectivity index (χ0v) is 15.2. The van der Waals surface area contributed by atoms with E-state index >= 15 is 0 Å². The summed E-state index contributed by atoms with van der Waals surface area (Å²) in [4.78, 5) is 15.0. The van der Waals surface area contributed by atoms with Crippen LogP contribution in [-0.2, 0) is 9.47 Å². The van der Waals surface area contributed by atoms with E-state index < -0.39 is 0 Å². The Balaban J connectivity index is 1.83. The zero-order chi connectivity index (χ0) is 17.9. The monoisotopic (exact) mass is 349 g/mol. The summed E-state index contributed by atoms with van der Waals surface area (Å²) >= 11 is 0. The Morgan fingerprint density at radius 3 is 2.88 bits per heavy atom. The largest absolute Gasteiger partial charge is 0.497 e. The number of carbonyl (C=O) groups is 1. The first-order valence-corrected chi connectivity index (χ1v) is 8.75. The van der Waals surface area contributed by atoms with Crippen molar-refractivity contribution in [3.05, 3.63) is 23.8 Å². The van der Waals surface area contributed by atoms with Gasteiger partial charge in [0.25, 0.3) is 5.91 Å². The van der Waals surface area contributed by atoms with Crippen LogP contribution in [0, 0.1) is 5.41 Å². The summed E-state index contributed by atoms with van der Waals surface area (Å²) in [5.41, 5.74) is 0.451. The molecule has 3 rings (SSSR count). The van der Waals surface area contributed by atoms with Crippen LogP contribution in [-0.4, -0.2) is 64.5 Å². The molecule has 0 N–H and O–H groups in total. The summed E-state index contributed by atoms with van der Waals surface area (Å²) in [6.07, 6.45) is 3.04. The maximum absolute atomic E-state index is 13.1. The molecule has 1 aromatic rings. The van der Waals surface area contributed by atoms with Gasteiger partial charge in [-0.25, -0.2) is 0 Å². The van der Waals surface area contributed by atoms with Crippen LogP contribution in [0.2, 0.25) is 0 Å². The first kappa shape index (κ1) is 18.0. The Morgan fingerprint density at radius 1 is 1.32 bits per heavy atom. The second kappa shape index (κ2) is 7.62. The number of rotatable bonds is 5. The van der Waals surface area contributed by atoms with Gasteiger partial charge in [0.2, 0.25) is 0 Å². The molecule has 138 valence electrons. The van der Waals surface area contributed by atoms with Gasteiger partial charge in [0, 0.05) is 38.3 Å². The average Bonchev–Trinajstić information content (AvgIpc) is 2.66. The van der Waals surface area contributed by atoms with Gasteiger partial charge in [-0.05, 0) is 31.4 Å². The van der Waals surface area contributed by atoms with Crippen LogP contribution in [0.3, 0.4) is 0 Å². The number of methoxy groups -OCH3 is 3. The topological polar surface area (TPSA) is 57.2 Å². The molecule has 0 radical (unpaired) electrons. The number of benzene rings is 1. The molecule has 6 nitrogen and oxygen atoms in total. The number of amides is 1. The van der Waals surface area contributed by atoms with E-state index in [4.69, 9.17) is 18.9 Å². The molecule has 2 heterocycles. The number of nitrogens with zero attached hydrogens (tertiary/aromatic N) is 1. The van der Waals surface area contributed by atoms with Crippen molar-refractivity contribution >= 4 is 5.91 Å². The van der Waals surface area contributed by atoms with Gasteiger partial charge < -0.3 is 23.8 Å². The Hall–Kier alpha value is -1.79. The highest BCUT2D eigenvalue weighted by atomic mass is 16.5. The molecule has 1 aromatic carbocycles. The third-order valence-corrected chi connectivity index (χ3v) is 5.35. The molecular weight excluding hydrogens is 322 g/mol. The highest BCUT2D eigenvalue weighted by Gasteiger charge is 2.47. The summed E-state index contributed by atoms with van der Waals surface area (Å²) in [6, 6.07) is 5.30. The minimum Gasteiger partial charge on any atom is -0.497 e. The number of ether oxygens (including phenoxy) is 4. The van der Waals surface area contributed by atoms with E-state index in [2.05, 4.69) is 0 Å². The molecule has 2 fully saturated rings. The average molecular weight is 349 g/mol. The molecule has 2 unspecified atom stereocenters. The quantitative estimate of drug-likeness (QED) is 0.817. The molecule has 2 aliphatic heterocycles. The lowest BCUT2D eigenvalue weighted by Crippen LogP contribution is -2.58. The Morgan fingerprint density at radius 2 is 2.16 bits per heavy atom. The predicted octanol–water partition coefficient (Wildman–Crippen LogP) is 2.36. The van der Waals surface area contributed by atoms with Crippen molar-refractivity contribution in [3.8, 4) is 11.5 Å². The van der Waals surface area contributed by atoms with Crippen LogP contribution in [0.5, 0.6) is 11.5 Å². The highest BCUT2D eigenvalue weighted by Crippen LogP contribution is 2.41. The number of carbonyl (C=O) groups excluding carboxylic acids is 1. The molecule has 1 amide bonds. The fourth-order valence-electron chi connectivity index (χ4n) is 4.11. The van der Waals surface area contributed by atoms with Crippen LogP contribution in [0.15, 0.2) is 18.2 Å². The van der Waals surface area contributed by atoms with Crippen molar-refractivity contribution in [2.75, 3.05) is 47.6 Å². The van der Waals surface area contributed by atoms with E-state index in [1.54, 1.807) is 39.5 Å². The molecule has 2 saturated heterocycles. The van der Waals surface area contributed by atoms with E-state index in [0.717, 1.165) is 25.9 Å². The number of piperidine rings is 1. The summed E-state index contributed by atoms with van der Waals surface area (Å²) in [5, 5.41) is 0. The summed E-state index contributed by atoms with van der Waals surface area (Å²) in [7, 11) is 4.88. The third-order valence-electron chi connectivity index (χ3n) is 5.35. The van der Waals surface area contributed by atoms with Gasteiger partial charge in [0.15, 0.2) is 0 Å². The summed E-state index contributed by atoms with van der Waals surface area (Å²) in [5.74, 6) is 1.19. The van der Waals surface area contributed by atoms with Crippen LogP contribution in [0.1, 0.15) is 29.6 Å². The summed E-state index contributed by atoms with van der Waals surface area (Å²) < 4.78 is 22.1. The molecule has 0 spiro atoms. The fourth-order valence-corrected chi connectivity index (χ4v) is 4.11. The Bertz CT molecular complexity index is 616. The van der Waals surface area contributed by atoms with Crippen molar-refractivity contribution in [2.24, 2.45) is 5.41 Å². The SMILES string of the molecule is COCC12CCCOC1CCN(C(=O)c1ccc(OC)cc1OC)C2. The molecule has 0 aliphatic carbocycles. The zero-order valence-electron chi connectivity index (χ0n) is 15.2. The van der Waals surface area contributed by atoms with E-state index in [1.165, 1.54) is 0 Å². The van der Waals surface area contributed by atoms with Crippen LogP contribution >= 0.6 is 0 Å². The number of fused-ring (bicyclic) bond motifs is 1. The standard InChI is InChI=1S/C19H27NO5/c1-22-13-19-8-4-10-25-17(19)7-9-20(12-19)18(21)15-6-5-14(23-2)11-16(15)24-3/h5-6,11,17H,4,7-10,12-13H2,1-3H3. The van der Waals surface area contributed by atoms with E-state index in [-0.39, 0.29) is 17.4 Å². The maximum Gasteiger partial charge on any atom is 0.257 e. The van der Waals surface area contributed by atoms with Crippen molar-refractivity contribution < 1.29 is 23.7 Å². The number of likely N-dealkylation sites (tertiary alicyclic amines) is 1. The van der Waals surface area contributed by atoms with Gasteiger partial charge in [-0.3, -0.25) is 4.79 Å². The van der Waals surface area contributed by atoms with Crippen LogP contribution < -0.4 is 9.47 Å². The minimum atomic E-state index is -0.111. The van der Waals surface area contributed by atoms with Crippen molar-refractivity contribution in [2.45, 2.75) is 25.4 Å².